The molecule has 0 unspecified atom stereocenters. The van der Waals surface area contributed by atoms with Gasteiger partial charge in [0.2, 0.25) is 0 Å². The Morgan fingerprint density at radius 3 is 2.63 bits per heavy atom. The molecule has 0 aromatic heterocycles. The smallest absolute Gasteiger partial charge is 0.325 e. The summed E-state index contributed by atoms with van der Waals surface area (Å²) in [5.41, 5.74) is 7.10. The van der Waals surface area contributed by atoms with E-state index in [4.69, 9.17) is 5.73 Å². The largest absolute Gasteiger partial charge is 0.468 e. The molecule has 1 aromatic carbocycles. The Balaban J connectivity index is 1.97. The fraction of sp³-hybridized carbons (Fsp3) is 0.385. The number of carbonyl (C=O) groups is 2. The molecule has 6 nitrogen and oxygen atoms in total. The highest BCUT2D eigenvalue weighted by Gasteiger charge is 2.46. The highest BCUT2D eigenvalue weighted by molar-refractivity contribution is 5.81. The van der Waals surface area contributed by atoms with Gasteiger partial charge in [0.1, 0.15) is 6.54 Å². The van der Waals surface area contributed by atoms with Crippen molar-refractivity contribution in [3.63, 3.8) is 0 Å². The number of nitrogen functional groups attached to an aromatic ring is 1. The summed E-state index contributed by atoms with van der Waals surface area (Å²) in [4.78, 5) is 22.7. The number of para-hydroxylation sites is 1. The van der Waals surface area contributed by atoms with Crippen LogP contribution in [-0.4, -0.2) is 25.7 Å². The molecule has 0 bridgehead atoms. The van der Waals surface area contributed by atoms with Crippen molar-refractivity contribution in [1.29, 1.82) is 0 Å². The van der Waals surface area contributed by atoms with Crippen molar-refractivity contribution in [2.45, 2.75) is 18.4 Å². The van der Waals surface area contributed by atoms with Crippen LogP contribution in [0.25, 0.3) is 0 Å². The topological polar surface area (TPSA) is 93.4 Å². The number of carbonyl (C=O) groups excluding carboxylic acids is 2. The first-order chi connectivity index (χ1) is 9.07. The number of urea groups is 1. The highest BCUT2D eigenvalue weighted by atomic mass is 16.5. The number of esters is 1. The quantitative estimate of drug-likeness (QED) is 0.551. The molecule has 6 heteroatoms. The van der Waals surface area contributed by atoms with Crippen LogP contribution in [0.5, 0.6) is 0 Å². The second-order valence-electron chi connectivity index (χ2n) is 4.55. The third-order valence-electron chi connectivity index (χ3n) is 3.20. The van der Waals surface area contributed by atoms with Crippen LogP contribution in [0.3, 0.4) is 0 Å². The van der Waals surface area contributed by atoms with E-state index < -0.39 is 17.5 Å². The van der Waals surface area contributed by atoms with Gasteiger partial charge < -0.3 is 21.1 Å². The second kappa shape index (κ2) is 5.17. The molecule has 0 saturated heterocycles. The summed E-state index contributed by atoms with van der Waals surface area (Å²) in [6.07, 6.45) is 1.68. The first-order valence-corrected chi connectivity index (χ1v) is 6.05. The maximum atomic E-state index is 11.7. The molecule has 1 aromatic rings. The normalized spacial score (nSPS) is 15.4. The minimum Gasteiger partial charge on any atom is -0.468 e. The minimum atomic E-state index is -0.487. The molecular weight excluding hydrogens is 246 g/mol. The summed E-state index contributed by atoms with van der Waals surface area (Å²) in [6.45, 7) is -0.150. The Bertz CT molecular complexity index is 498. The molecule has 0 aliphatic heterocycles. The third-order valence-corrected chi connectivity index (χ3v) is 3.20. The van der Waals surface area contributed by atoms with Gasteiger partial charge in [-0.05, 0) is 18.9 Å². The Morgan fingerprint density at radius 2 is 2.05 bits per heavy atom. The Morgan fingerprint density at radius 1 is 1.37 bits per heavy atom. The summed E-state index contributed by atoms with van der Waals surface area (Å²) in [7, 11) is 1.27. The van der Waals surface area contributed by atoms with Crippen LogP contribution in [0.1, 0.15) is 18.4 Å². The maximum absolute atomic E-state index is 11.7. The van der Waals surface area contributed by atoms with Crippen LogP contribution in [0.4, 0.5) is 10.5 Å². The van der Waals surface area contributed by atoms with Crippen molar-refractivity contribution < 1.29 is 14.3 Å². The van der Waals surface area contributed by atoms with E-state index in [2.05, 4.69) is 15.4 Å². The minimum absolute atomic E-state index is 0.150. The number of hydrogen-bond acceptors (Lipinski definition) is 4. The zero-order chi connectivity index (χ0) is 13.9. The lowest BCUT2D eigenvalue weighted by Gasteiger charge is -2.19. The number of amides is 2. The highest BCUT2D eigenvalue weighted by Crippen LogP contribution is 2.47. The molecular formula is C13H17N3O3. The third kappa shape index (κ3) is 2.96. The molecule has 1 fully saturated rings. The van der Waals surface area contributed by atoms with E-state index in [-0.39, 0.29) is 6.54 Å². The number of anilines is 1. The molecule has 2 amide bonds. The van der Waals surface area contributed by atoms with E-state index in [1.54, 1.807) is 0 Å². The number of benzene rings is 1. The standard InChI is InChI=1S/C13H17N3O3/c1-19-11(17)8-15-12(18)16-13(6-7-13)9-4-2-3-5-10(9)14/h2-5H,6-8,14H2,1H3,(H2,15,16,18). The maximum Gasteiger partial charge on any atom is 0.325 e. The zero-order valence-corrected chi connectivity index (χ0v) is 10.7. The lowest BCUT2D eigenvalue weighted by atomic mass is 10.0. The molecule has 1 aliphatic carbocycles. The van der Waals surface area contributed by atoms with Gasteiger partial charge in [-0.25, -0.2) is 4.79 Å². The van der Waals surface area contributed by atoms with Crippen molar-refractivity contribution in [1.82, 2.24) is 10.6 Å². The van der Waals surface area contributed by atoms with Gasteiger partial charge in [0, 0.05) is 11.3 Å². The van der Waals surface area contributed by atoms with E-state index in [1.165, 1.54) is 7.11 Å². The first-order valence-electron chi connectivity index (χ1n) is 6.05. The summed E-state index contributed by atoms with van der Waals surface area (Å²) in [6, 6.07) is 7.06. The number of hydrogen-bond donors (Lipinski definition) is 3. The van der Waals surface area contributed by atoms with Crippen molar-refractivity contribution in [2.24, 2.45) is 0 Å². The van der Waals surface area contributed by atoms with Crippen molar-refractivity contribution >= 4 is 17.7 Å². The number of ether oxygens (including phenoxy) is 1. The van der Waals surface area contributed by atoms with E-state index in [0.717, 1.165) is 18.4 Å². The lowest BCUT2D eigenvalue weighted by molar-refractivity contribution is -0.139. The van der Waals surface area contributed by atoms with Crippen molar-refractivity contribution in [3.8, 4) is 0 Å². The second-order valence-corrected chi connectivity index (χ2v) is 4.55. The van der Waals surface area contributed by atoms with Crippen LogP contribution in [0.15, 0.2) is 24.3 Å². The fourth-order valence-electron chi connectivity index (χ4n) is 2.01. The molecule has 1 aliphatic rings. The summed E-state index contributed by atoms with van der Waals surface area (Å²) in [5.74, 6) is -0.487. The summed E-state index contributed by atoms with van der Waals surface area (Å²) < 4.78 is 4.45. The molecule has 0 spiro atoms. The average Bonchev–Trinajstić information content (AvgIpc) is 3.17. The average molecular weight is 263 g/mol. The number of rotatable bonds is 4. The molecule has 0 atom stereocenters. The van der Waals surface area contributed by atoms with Crippen LogP contribution in [-0.2, 0) is 15.1 Å². The SMILES string of the molecule is COC(=O)CNC(=O)NC1(c2ccccc2N)CC1. The van der Waals surface area contributed by atoms with Gasteiger partial charge in [0.05, 0.1) is 12.6 Å². The van der Waals surface area contributed by atoms with Crippen molar-refractivity contribution in [2.75, 3.05) is 19.4 Å². The van der Waals surface area contributed by atoms with Gasteiger partial charge >= 0.3 is 12.0 Å². The molecule has 102 valence electrons. The molecule has 19 heavy (non-hydrogen) atoms. The van der Waals surface area contributed by atoms with Gasteiger partial charge in [-0.3, -0.25) is 4.79 Å². The summed E-state index contributed by atoms with van der Waals surface area (Å²) in [5, 5.41) is 5.32. The Hall–Kier alpha value is -2.24. The summed E-state index contributed by atoms with van der Waals surface area (Å²) >= 11 is 0. The van der Waals surface area contributed by atoms with Gasteiger partial charge in [0.15, 0.2) is 0 Å². The molecule has 4 N–H and O–H groups in total. The number of nitrogens with one attached hydrogen (secondary N) is 2. The molecule has 2 rings (SSSR count). The van der Waals surface area contributed by atoms with E-state index >= 15 is 0 Å². The van der Waals surface area contributed by atoms with Crippen molar-refractivity contribution in [3.05, 3.63) is 29.8 Å². The van der Waals surface area contributed by atoms with Gasteiger partial charge in [-0.15, -0.1) is 0 Å². The molecule has 1 saturated carbocycles. The predicted molar refractivity (Wildman–Crippen MR) is 70.3 cm³/mol. The van der Waals surface area contributed by atoms with Crippen LogP contribution < -0.4 is 16.4 Å². The van der Waals surface area contributed by atoms with Gasteiger partial charge in [0.25, 0.3) is 0 Å². The zero-order valence-electron chi connectivity index (χ0n) is 10.7. The van der Waals surface area contributed by atoms with Gasteiger partial charge in [-0.1, -0.05) is 18.2 Å². The first kappa shape index (κ1) is 13.2. The van der Waals surface area contributed by atoms with E-state index in [0.29, 0.717) is 5.69 Å². The molecule has 0 heterocycles. The fourth-order valence-corrected chi connectivity index (χ4v) is 2.01. The Kier molecular flexibility index (Phi) is 3.59. The monoisotopic (exact) mass is 263 g/mol. The Labute approximate surface area is 111 Å². The van der Waals surface area contributed by atoms with Crippen LogP contribution in [0, 0.1) is 0 Å². The number of nitrogens with two attached hydrogens (primary N) is 1. The van der Waals surface area contributed by atoms with Crippen LogP contribution in [0.2, 0.25) is 0 Å². The predicted octanol–water partition coefficient (Wildman–Crippen LogP) is 0.730. The van der Waals surface area contributed by atoms with E-state index in [1.807, 2.05) is 24.3 Å². The van der Waals surface area contributed by atoms with E-state index in [9.17, 15) is 9.59 Å². The lowest BCUT2D eigenvalue weighted by Crippen LogP contribution is -2.44. The van der Waals surface area contributed by atoms with Gasteiger partial charge in [-0.2, -0.15) is 0 Å². The number of methoxy groups -OCH3 is 1. The molecule has 0 radical (unpaired) electrons. The van der Waals surface area contributed by atoms with Crippen LogP contribution >= 0.6 is 0 Å².